The zero-order valence-corrected chi connectivity index (χ0v) is 32.9. The summed E-state index contributed by atoms with van der Waals surface area (Å²) in [5, 5.41) is 0. The van der Waals surface area contributed by atoms with Gasteiger partial charge in [-0.15, -0.1) is 0 Å². The third kappa shape index (κ3) is 12.9. The number of ether oxygens (including phenoxy) is 8. The fourth-order valence-corrected chi connectivity index (χ4v) is 9.03. The molecule has 2 fully saturated rings. The summed E-state index contributed by atoms with van der Waals surface area (Å²) in [5.74, 6) is 3.38. The number of rotatable bonds is 24. The second-order valence-electron chi connectivity index (χ2n) is 16.2. The molecule has 0 bridgehead atoms. The molecule has 0 radical (unpaired) electrons. The van der Waals surface area contributed by atoms with Crippen molar-refractivity contribution in [3.8, 4) is 5.75 Å². The quantitative estimate of drug-likeness (QED) is 0.0631. The number of esters is 1. The normalized spacial score (nSPS) is 25.8. The van der Waals surface area contributed by atoms with Crippen LogP contribution in [0.15, 0.2) is 18.2 Å². The van der Waals surface area contributed by atoms with Crippen molar-refractivity contribution in [3.63, 3.8) is 0 Å². The number of fused-ring (bicyclic) bond motifs is 5. The van der Waals surface area contributed by atoms with Crippen LogP contribution in [-0.2, 0) is 44.4 Å². The molecule has 1 aromatic rings. The summed E-state index contributed by atoms with van der Waals surface area (Å²) in [6.07, 6.45) is 11.5. The predicted molar refractivity (Wildman–Crippen MR) is 198 cm³/mol. The van der Waals surface area contributed by atoms with E-state index in [1.54, 1.807) is 19.8 Å². The molecule has 1 aromatic carbocycles. The zero-order valence-electron chi connectivity index (χ0n) is 32.9. The zero-order chi connectivity index (χ0) is 36.7. The number of unbranched alkanes of at least 4 members (excludes halogenated alkanes) is 2. The van der Waals surface area contributed by atoms with Gasteiger partial charge in [-0.05, 0) is 132 Å². The van der Waals surface area contributed by atoms with Gasteiger partial charge in [0.1, 0.15) is 18.1 Å². The maximum atomic E-state index is 11.7. The van der Waals surface area contributed by atoms with Crippen LogP contribution in [0.1, 0.15) is 103 Å². The maximum Gasteiger partial charge on any atom is 0.308 e. The lowest BCUT2D eigenvalue weighted by atomic mass is 9.52. The Hall–Kier alpha value is -1.79. The van der Waals surface area contributed by atoms with Gasteiger partial charge >= 0.3 is 5.97 Å². The van der Waals surface area contributed by atoms with Crippen LogP contribution in [0.5, 0.6) is 5.75 Å². The third-order valence-corrected chi connectivity index (χ3v) is 11.4. The van der Waals surface area contributed by atoms with Gasteiger partial charge in [0.2, 0.25) is 0 Å². The smallest absolute Gasteiger partial charge is 0.308 e. The molecule has 0 spiro atoms. The van der Waals surface area contributed by atoms with Crippen LogP contribution in [0.3, 0.4) is 0 Å². The highest BCUT2D eigenvalue weighted by Gasteiger charge is 2.57. The fraction of sp³-hybridized carbons (Fsp3) is 0.829. The molecule has 4 rings (SSSR count). The Bertz CT molecular complexity index is 1160. The number of nitrogens with zero attached hydrogens (tertiary/aromatic N) is 1. The van der Waals surface area contributed by atoms with Gasteiger partial charge in [0.15, 0.2) is 6.79 Å². The summed E-state index contributed by atoms with van der Waals surface area (Å²) in [7, 11) is 5.59. The van der Waals surface area contributed by atoms with Crippen LogP contribution < -0.4 is 4.74 Å². The molecule has 0 N–H and O–H groups in total. The first-order valence-electron chi connectivity index (χ1n) is 19.5. The van der Waals surface area contributed by atoms with E-state index in [1.807, 2.05) is 20.8 Å². The number of carbonyl (C=O) groups excluding carboxylic acids is 1. The molecule has 3 aliphatic rings. The second-order valence-corrected chi connectivity index (χ2v) is 16.2. The number of benzene rings is 1. The second kappa shape index (κ2) is 21.2. The first kappa shape index (κ1) is 42.0. The molecule has 3 aliphatic carbocycles. The highest BCUT2D eigenvalue weighted by Crippen LogP contribution is 2.63. The molecule has 10 nitrogen and oxygen atoms in total. The molecular formula is C41H69NO9. The number of hydrogen-bond acceptors (Lipinski definition) is 10. The average Bonchev–Trinajstić information content (AvgIpc) is 3.43. The van der Waals surface area contributed by atoms with Crippen molar-refractivity contribution in [1.82, 2.24) is 4.90 Å². The van der Waals surface area contributed by atoms with Gasteiger partial charge in [0.05, 0.1) is 52.2 Å². The Kier molecular flexibility index (Phi) is 17.4. The van der Waals surface area contributed by atoms with Crippen molar-refractivity contribution in [1.29, 1.82) is 0 Å². The Morgan fingerprint density at radius 1 is 0.882 bits per heavy atom. The Balaban J connectivity index is 1.13. The van der Waals surface area contributed by atoms with Crippen LogP contribution in [0.4, 0.5) is 0 Å². The van der Waals surface area contributed by atoms with Crippen LogP contribution in [0.2, 0.25) is 0 Å². The largest absolute Gasteiger partial charge is 0.468 e. The minimum atomic E-state index is -0.464. The summed E-state index contributed by atoms with van der Waals surface area (Å²) in [5.41, 5.74) is 2.81. The van der Waals surface area contributed by atoms with E-state index in [2.05, 4.69) is 37.1 Å². The summed E-state index contributed by atoms with van der Waals surface area (Å²) in [6, 6.07) is 6.79. The number of hydrogen-bond donors (Lipinski definition) is 0. The molecule has 51 heavy (non-hydrogen) atoms. The lowest BCUT2D eigenvalue weighted by Crippen LogP contribution is -2.47. The van der Waals surface area contributed by atoms with Crippen molar-refractivity contribution in [2.75, 3.05) is 87.6 Å². The van der Waals surface area contributed by atoms with Gasteiger partial charge < -0.3 is 42.8 Å². The van der Waals surface area contributed by atoms with E-state index >= 15 is 0 Å². The highest BCUT2D eigenvalue weighted by molar-refractivity contribution is 5.69. The Morgan fingerprint density at radius 2 is 1.61 bits per heavy atom. The minimum Gasteiger partial charge on any atom is -0.468 e. The molecule has 0 heterocycles. The van der Waals surface area contributed by atoms with E-state index < -0.39 is 5.60 Å². The SMILES string of the molecule is COCOc1ccc2c(c1)CC(CCCCCN(C)CCOCCOCCOCCC(=O)OC(C)(C)C)C1C2CCC2(C)C(OCOC)CCC12. The molecule has 10 heteroatoms. The van der Waals surface area contributed by atoms with Crippen LogP contribution in [-0.4, -0.2) is 110 Å². The summed E-state index contributed by atoms with van der Waals surface area (Å²) < 4.78 is 44.8. The van der Waals surface area contributed by atoms with Crippen molar-refractivity contribution in [3.05, 3.63) is 29.3 Å². The molecular weight excluding hydrogens is 650 g/mol. The van der Waals surface area contributed by atoms with Gasteiger partial charge in [-0.2, -0.15) is 0 Å². The molecule has 0 aliphatic heterocycles. The Morgan fingerprint density at radius 3 is 2.33 bits per heavy atom. The van der Waals surface area contributed by atoms with E-state index in [1.165, 1.54) is 50.5 Å². The van der Waals surface area contributed by atoms with Crippen molar-refractivity contribution < 1.29 is 42.7 Å². The van der Waals surface area contributed by atoms with Crippen molar-refractivity contribution in [2.45, 2.75) is 110 Å². The van der Waals surface area contributed by atoms with E-state index in [0.29, 0.717) is 76.2 Å². The predicted octanol–water partition coefficient (Wildman–Crippen LogP) is 7.01. The molecule has 0 saturated heterocycles. The van der Waals surface area contributed by atoms with Gasteiger partial charge in [0, 0.05) is 20.8 Å². The highest BCUT2D eigenvalue weighted by atomic mass is 16.7. The van der Waals surface area contributed by atoms with Gasteiger partial charge in [-0.3, -0.25) is 4.79 Å². The molecule has 292 valence electrons. The van der Waals surface area contributed by atoms with E-state index in [-0.39, 0.29) is 24.6 Å². The van der Waals surface area contributed by atoms with E-state index in [9.17, 15) is 4.79 Å². The first-order chi connectivity index (χ1) is 24.6. The van der Waals surface area contributed by atoms with Crippen LogP contribution in [0.25, 0.3) is 0 Å². The van der Waals surface area contributed by atoms with Crippen LogP contribution in [0, 0.1) is 23.2 Å². The number of methoxy groups -OCH3 is 2. The lowest BCUT2D eigenvalue weighted by Gasteiger charge is -2.53. The lowest BCUT2D eigenvalue weighted by molar-refractivity contribution is -0.156. The van der Waals surface area contributed by atoms with Gasteiger partial charge in [-0.1, -0.05) is 25.8 Å². The summed E-state index contributed by atoms with van der Waals surface area (Å²) in [6.45, 7) is 13.8. The van der Waals surface area contributed by atoms with Crippen LogP contribution >= 0.6 is 0 Å². The molecule has 0 amide bonds. The third-order valence-electron chi connectivity index (χ3n) is 11.4. The maximum absolute atomic E-state index is 11.7. The van der Waals surface area contributed by atoms with Crippen molar-refractivity contribution >= 4 is 5.97 Å². The van der Waals surface area contributed by atoms with Gasteiger partial charge in [0.25, 0.3) is 0 Å². The topological polar surface area (TPSA) is 94.2 Å². The molecule has 2 saturated carbocycles. The van der Waals surface area contributed by atoms with Crippen molar-refractivity contribution in [2.24, 2.45) is 23.2 Å². The number of carbonyl (C=O) groups is 1. The average molecular weight is 720 g/mol. The fourth-order valence-electron chi connectivity index (χ4n) is 9.03. The minimum absolute atomic E-state index is 0.229. The first-order valence-corrected chi connectivity index (χ1v) is 19.5. The summed E-state index contributed by atoms with van der Waals surface area (Å²) in [4.78, 5) is 14.1. The number of likely N-dealkylation sites (N-methyl/N-ethyl adjacent to an activating group) is 1. The van der Waals surface area contributed by atoms with E-state index in [4.69, 9.17) is 37.9 Å². The van der Waals surface area contributed by atoms with Gasteiger partial charge in [-0.25, -0.2) is 0 Å². The standard InChI is InChI=1S/C41H69NO9/c1-40(2,3)51-38(43)17-21-46-23-25-48-26-24-47-22-20-42(5)19-10-8-9-11-31-27-32-28-33(49-29-44-6)12-13-34(32)35-16-18-41(4)36(39(31)35)14-15-37(41)50-30-45-7/h12-13,28,31,35-37,39H,8-11,14-27,29-30H2,1-7H3. The molecule has 6 unspecified atom stereocenters. The Labute approximate surface area is 308 Å². The summed E-state index contributed by atoms with van der Waals surface area (Å²) >= 11 is 0. The molecule has 0 aromatic heterocycles. The van der Waals surface area contributed by atoms with E-state index in [0.717, 1.165) is 31.7 Å². The monoisotopic (exact) mass is 719 g/mol. The molecule has 6 atom stereocenters.